The quantitative estimate of drug-likeness (QED) is 0.839. The van der Waals surface area contributed by atoms with Crippen molar-refractivity contribution in [1.29, 1.82) is 0 Å². The van der Waals surface area contributed by atoms with E-state index in [1.807, 2.05) is 25.6 Å². The molecule has 1 unspecified atom stereocenters. The molecule has 86 valence electrons. The van der Waals surface area contributed by atoms with Crippen LogP contribution in [0.5, 0.6) is 0 Å². The molecule has 0 fully saturated rings. The first-order chi connectivity index (χ1) is 6.93. The van der Waals surface area contributed by atoms with Crippen molar-refractivity contribution in [2.75, 3.05) is 0 Å². The standard InChI is InChI=1S/C10H19N3OS/c1-5-7(2)15-6-8-12-9(14-13-8)10(3,4)11/h7H,5-6,11H2,1-4H3. The summed E-state index contributed by atoms with van der Waals surface area (Å²) in [5, 5.41) is 4.52. The van der Waals surface area contributed by atoms with Gasteiger partial charge in [0, 0.05) is 5.25 Å². The van der Waals surface area contributed by atoms with Gasteiger partial charge in [-0.2, -0.15) is 16.7 Å². The van der Waals surface area contributed by atoms with E-state index in [0.29, 0.717) is 11.1 Å². The summed E-state index contributed by atoms with van der Waals surface area (Å²) in [6, 6.07) is 0. The Kier molecular flexibility index (Phi) is 4.16. The lowest BCUT2D eigenvalue weighted by Gasteiger charge is -2.10. The molecule has 2 N–H and O–H groups in total. The summed E-state index contributed by atoms with van der Waals surface area (Å²) >= 11 is 1.83. The SMILES string of the molecule is CCC(C)SCc1noc(C(C)(C)N)n1. The molecule has 0 saturated heterocycles. The molecule has 0 radical (unpaired) electrons. The Labute approximate surface area is 95.0 Å². The molecule has 1 heterocycles. The van der Waals surface area contributed by atoms with Crippen molar-refractivity contribution in [2.45, 2.75) is 50.7 Å². The van der Waals surface area contributed by atoms with Gasteiger partial charge in [0.15, 0.2) is 5.82 Å². The molecule has 1 atom stereocenters. The predicted molar refractivity (Wildman–Crippen MR) is 62.6 cm³/mol. The fourth-order valence-corrected chi connectivity index (χ4v) is 1.70. The molecule has 0 aliphatic heterocycles. The molecular weight excluding hydrogens is 210 g/mol. The van der Waals surface area contributed by atoms with E-state index in [-0.39, 0.29) is 0 Å². The zero-order valence-electron chi connectivity index (χ0n) is 9.78. The summed E-state index contributed by atoms with van der Waals surface area (Å²) in [6.07, 6.45) is 1.15. The Hall–Kier alpha value is -0.550. The second-order valence-electron chi connectivity index (χ2n) is 4.27. The molecule has 5 heteroatoms. The van der Waals surface area contributed by atoms with Gasteiger partial charge < -0.3 is 10.3 Å². The minimum absolute atomic E-state index is 0.502. The van der Waals surface area contributed by atoms with Crippen molar-refractivity contribution in [2.24, 2.45) is 5.73 Å². The summed E-state index contributed by atoms with van der Waals surface area (Å²) in [5.74, 6) is 2.02. The summed E-state index contributed by atoms with van der Waals surface area (Å²) in [7, 11) is 0. The van der Waals surface area contributed by atoms with Crippen LogP contribution in [-0.2, 0) is 11.3 Å². The van der Waals surface area contributed by atoms with Crippen LogP contribution in [0.4, 0.5) is 0 Å². The van der Waals surface area contributed by atoms with E-state index in [9.17, 15) is 0 Å². The first kappa shape index (κ1) is 12.5. The van der Waals surface area contributed by atoms with Crippen molar-refractivity contribution in [3.05, 3.63) is 11.7 Å². The lowest BCUT2D eigenvalue weighted by molar-refractivity contribution is 0.310. The van der Waals surface area contributed by atoms with E-state index < -0.39 is 5.54 Å². The molecule has 1 aromatic heterocycles. The van der Waals surface area contributed by atoms with Crippen LogP contribution in [0.3, 0.4) is 0 Å². The Morgan fingerprint density at radius 2 is 2.20 bits per heavy atom. The van der Waals surface area contributed by atoms with E-state index in [1.54, 1.807) is 0 Å². The molecule has 1 aromatic rings. The van der Waals surface area contributed by atoms with Crippen LogP contribution in [0, 0.1) is 0 Å². The van der Waals surface area contributed by atoms with Crippen LogP contribution >= 0.6 is 11.8 Å². The maximum absolute atomic E-state index is 5.85. The molecule has 0 spiro atoms. The Bertz CT molecular complexity index is 306. The topological polar surface area (TPSA) is 64.9 Å². The molecule has 0 aromatic carbocycles. The van der Waals surface area contributed by atoms with Crippen molar-refractivity contribution < 1.29 is 4.52 Å². The smallest absolute Gasteiger partial charge is 0.246 e. The Morgan fingerprint density at radius 3 is 2.67 bits per heavy atom. The highest BCUT2D eigenvalue weighted by atomic mass is 32.2. The van der Waals surface area contributed by atoms with Crippen LogP contribution < -0.4 is 5.73 Å². The van der Waals surface area contributed by atoms with E-state index in [1.165, 1.54) is 0 Å². The minimum atomic E-state index is -0.549. The molecule has 0 bridgehead atoms. The van der Waals surface area contributed by atoms with E-state index in [4.69, 9.17) is 10.3 Å². The van der Waals surface area contributed by atoms with E-state index >= 15 is 0 Å². The highest BCUT2D eigenvalue weighted by molar-refractivity contribution is 7.99. The van der Waals surface area contributed by atoms with Crippen molar-refractivity contribution in [3.63, 3.8) is 0 Å². The average Bonchev–Trinajstić information content (AvgIpc) is 2.61. The third-order valence-corrected chi connectivity index (χ3v) is 3.42. The van der Waals surface area contributed by atoms with Crippen LogP contribution in [0.2, 0.25) is 0 Å². The van der Waals surface area contributed by atoms with Gasteiger partial charge in [0.05, 0.1) is 11.3 Å². The molecule has 0 amide bonds. The zero-order chi connectivity index (χ0) is 11.5. The number of nitrogens with zero attached hydrogens (tertiary/aromatic N) is 2. The van der Waals surface area contributed by atoms with Gasteiger partial charge in [0.2, 0.25) is 5.89 Å². The van der Waals surface area contributed by atoms with Gasteiger partial charge in [-0.25, -0.2) is 0 Å². The highest BCUT2D eigenvalue weighted by Gasteiger charge is 2.22. The minimum Gasteiger partial charge on any atom is -0.337 e. The van der Waals surface area contributed by atoms with Crippen LogP contribution in [-0.4, -0.2) is 15.4 Å². The van der Waals surface area contributed by atoms with Gasteiger partial charge in [-0.05, 0) is 20.3 Å². The lowest BCUT2D eigenvalue weighted by atomic mass is 10.1. The fraction of sp³-hybridized carbons (Fsp3) is 0.800. The van der Waals surface area contributed by atoms with Gasteiger partial charge in [-0.3, -0.25) is 0 Å². The van der Waals surface area contributed by atoms with Crippen molar-refractivity contribution in [3.8, 4) is 0 Å². The summed E-state index contributed by atoms with van der Waals surface area (Å²) < 4.78 is 5.10. The summed E-state index contributed by atoms with van der Waals surface area (Å²) in [4.78, 5) is 4.26. The largest absolute Gasteiger partial charge is 0.337 e. The van der Waals surface area contributed by atoms with Gasteiger partial charge in [0.1, 0.15) is 0 Å². The van der Waals surface area contributed by atoms with Crippen LogP contribution in [0.25, 0.3) is 0 Å². The van der Waals surface area contributed by atoms with Crippen LogP contribution in [0.1, 0.15) is 45.8 Å². The first-order valence-electron chi connectivity index (χ1n) is 5.17. The summed E-state index contributed by atoms with van der Waals surface area (Å²) in [6.45, 7) is 8.07. The number of hydrogen-bond acceptors (Lipinski definition) is 5. The van der Waals surface area contributed by atoms with Crippen molar-refractivity contribution in [1.82, 2.24) is 10.1 Å². The molecule has 4 nitrogen and oxygen atoms in total. The number of hydrogen-bond donors (Lipinski definition) is 1. The third kappa shape index (κ3) is 3.83. The van der Waals surface area contributed by atoms with Gasteiger partial charge in [-0.15, -0.1) is 0 Å². The lowest BCUT2D eigenvalue weighted by Crippen LogP contribution is -2.29. The van der Waals surface area contributed by atoms with Crippen molar-refractivity contribution >= 4 is 11.8 Å². The molecule has 0 saturated carbocycles. The predicted octanol–water partition coefficient (Wildman–Crippen LogP) is 2.30. The molecule has 0 aliphatic carbocycles. The average molecular weight is 229 g/mol. The molecule has 1 rings (SSSR count). The Morgan fingerprint density at radius 1 is 1.53 bits per heavy atom. The highest BCUT2D eigenvalue weighted by Crippen LogP contribution is 2.20. The fourth-order valence-electron chi connectivity index (χ4n) is 0.909. The monoisotopic (exact) mass is 229 g/mol. The number of thioether (sulfide) groups is 1. The maximum atomic E-state index is 5.85. The summed E-state index contributed by atoms with van der Waals surface area (Å²) in [5.41, 5.74) is 5.30. The second-order valence-corrected chi connectivity index (χ2v) is 5.69. The van der Waals surface area contributed by atoms with E-state index in [0.717, 1.165) is 18.0 Å². The molecular formula is C10H19N3OS. The van der Waals surface area contributed by atoms with Gasteiger partial charge in [0.25, 0.3) is 0 Å². The van der Waals surface area contributed by atoms with E-state index in [2.05, 4.69) is 24.0 Å². The normalized spacial score (nSPS) is 14.2. The molecule has 0 aliphatic rings. The maximum Gasteiger partial charge on any atom is 0.246 e. The van der Waals surface area contributed by atoms with Gasteiger partial charge >= 0.3 is 0 Å². The first-order valence-corrected chi connectivity index (χ1v) is 6.22. The van der Waals surface area contributed by atoms with Crippen LogP contribution in [0.15, 0.2) is 4.52 Å². The third-order valence-electron chi connectivity index (χ3n) is 2.09. The molecule has 15 heavy (non-hydrogen) atoms. The zero-order valence-corrected chi connectivity index (χ0v) is 10.6. The number of nitrogens with two attached hydrogens (primary N) is 1. The number of rotatable bonds is 5. The van der Waals surface area contributed by atoms with Gasteiger partial charge in [-0.1, -0.05) is 19.0 Å². The Balaban J connectivity index is 2.54. The second kappa shape index (κ2) is 4.99. The number of aromatic nitrogens is 2.